The van der Waals surface area contributed by atoms with E-state index in [1.165, 1.54) is 0 Å². The average molecular weight is 759 g/mol. The fourth-order valence-corrected chi connectivity index (χ4v) is 8.29. The number of aliphatic hydroxyl groups is 1. The summed E-state index contributed by atoms with van der Waals surface area (Å²) in [5, 5.41) is 16.8. The van der Waals surface area contributed by atoms with Crippen LogP contribution >= 0.6 is 0 Å². The van der Waals surface area contributed by atoms with E-state index in [4.69, 9.17) is 14.9 Å². The minimum atomic E-state index is -4.50. The van der Waals surface area contributed by atoms with Crippen molar-refractivity contribution in [3.05, 3.63) is 0 Å². The molecule has 0 saturated heterocycles. The van der Waals surface area contributed by atoms with Crippen molar-refractivity contribution in [2.75, 3.05) is 0 Å². The molecule has 0 aromatic heterocycles. The fraction of sp³-hybridized carbons (Fsp3) is 0.944. The van der Waals surface area contributed by atoms with Crippen LogP contribution < -0.4 is 0 Å². The molecule has 0 aliphatic rings. The highest BCUT2D eigenvalue weighted by atomic mass is 32.2. The van der Waals surface area contributed by atoms with E-state index in [0.717, 1.165) is 70.6 Å². The number of aliphatic carboxylic acids is 1. The van der Waals surface area contributed by atoms with Gasteiger partial charge in [-0.1, -0.05) is 142 Å². The van der Waals surface area contributed by atoms with E-state index >= 15 is 0 Å². The molecule has 0 aromatic rings. The van der Waals surface area contributed by atoms with Crippen LogP contribution in [0.1, 0.15) is 194 Å². The molecule has 4 atom stereocenters. The van der Waals surface area contributed by atoms with Crippen LogP contribution in [0, 0.1) is 0 Å². The lowest BCUT2D eigenvalue weighted by Gasteiger charge is -2.23. The van der Waals surface area contributed by atoms with Crippen LogP contribution in [-0.4, -0.2) is 70.8 Å². The van der Waals surface area contributed by atoms with E-state index in [0.29, 0.717) is 83.5 Å². The number of carboxylic acids is 1. The highest BCUT2D eigenvalue weighted by molar-refractivity contribution is 7.86. The van der Waals surface area contributed by atoms with Gasteiger partial charge in [-0.25, -0.2) is 4.79 Å². The lowest BCUT2D eigenvalue weighted by atomic mass is 10.0. The summed E-state index contributed by atoms with van der Waals surface area (Å²) in [7, 11) is -8.87. The molecule has 0 fully saturated rings. The van der Waals surface area contributed by atoms with Crippen LogP contribution in [0.15, 0.2) is 0 Å². The molecular formula is C36H70O12S2. The lowest BCUT2D eigenvalue weighted by molar-refractivity contribution is -0.299. The largest absolute Gasteiger partial charge is 0.481 e. The molecule has 50 heavy (non-hydrogen) atoms. The first-order valence-electron chi connectivity index (χ1n) is 19.4. The Hall–Kier alpha value is -1.32. The minimum Gasteiger partial charge on any atom is -0.481 e. The summed E-state index contributed by atoms with van der Waals surface area (Å²) >= 11 is 0. The molecule has 0 aliphatic heterocycles. The van der Waals surface area contributed by atoms with Gasteiger partial charge in [-0.15, -0.1) is 0 Å². The standard InChI is InChI=1S/C36H70O12S2/c1-3-5-7-9-13-19-25-31(37)33(49(41,42)43)27-21-15-12-18-24-30-36(40)48-47-32(26-20-14-10-8-6-4-2)34(50(44,45)46)28-22-16-11-17-23-29-35(38)39/h31-34,37H,3-30H2,1-2H3,(H,38,39)(H,41,42,43)(H,44,45,46). The number of hydrogen-bond acceptors (Lipinski definition) is 9. The predicted octanol–water partition coefficient (Wildman–Crippen LogP) is 8.75. The number of carboxylic acid groups (broad SMARTS) is 1. The van der Waals surface area contributed by atoms with Crippen LogP contribution in [0.3, 0.4) is 0 Å². The van der Waals surface area contributed by atoms with Crippen LogP contribution in [0.4, 0.5) is 0 Å². The monoisotopic (exact) mass is 758 g/mol. The predicted molar refractivity (Wildman–Crippen MR) is 196 cm³/mol. The molecule has 0 spiro atoms. The van der Waals surface area contributed by atoms with Crippen molar-refractivity contribution in [3.63, 3.8) is 0 Å². The molecule has 0 aromatic carbocycles. The number of rotatable bonds is 36. The molecule has 0 aliphatic carbocycles. The summed E-state index contributed by atoms with van der Waals surface area (Å²) in [6, 6.07) is 0. The van der Waals surface area contributed by atoms with Crippen molar-refractivity contribution < 1.29 is 55.5 Å². The van der Waals surface area contributed by atoms with E-state index in [-0.39, 0.29) is 25.7 Å². The van der Waals surface area contributed by atoms with Gasteiger partial charge in [-0.2, -0.15) is 21.7 Å². The maximum Gasteiger partial charge on any atom is 0.342 e. The first kappa shape index (κ1) is 48.7. The summed E-state index contributed by atoms with van der Waals surface area (Å²) in [4.78, 5) is 33.6. The second-order valence-electron chi connectivity index (χ2n) is 13.9. The van der Waals surface area contributed by atoms with Gasteiger partial charge in [-0.05, 0) is 38.5 Å². The third-order valence-electron chi connectivity index (χ3n) is 9.32. The highest BCUT2D eigenvalue weighted by Gasteiger charge is 2.34. The zero-order valence-electron chi connectivity index (χ0n) is 31.0. The molecule has 0 radical (unpaired) electrons. The molecule has 4 N–H and O–H groups in total. The van der Waals surface area contributed by atoms with E-state index in [1.807, 2.05) is 0 Å². The Balaban J connectivity index is 4.74. The maximum absolute atomic E-state index is 12.5. The molecule has 0 amide bonds. The second-order valence-corrected chi connectivity index (χ2v) is 17.2. The molecule has 0 rings (SSSR count). The number of aliphatic hydroxyl groups excluding tert-OH is 1. The molecule has 0 saturated carbocycles. The van der Waals surface area contributed by atoms with Crippen molar-refractivity contribution in [2.45, 2.75) is 216 Å². The minimum absolute atomic E-state index is 0.0429. The molecule has 0 bridgehead atoms. The summed E-state index contributed by atoms with van der Waals surface area (Å²) in [6.45, 7) is 4.25. The van der Waals surface area contributed by atoms with E-state index in [1.54, 1.807) is 0 Å². The number of unbranched alkanes of at least 4 members (excludes halogenated alkanes) is 18. The van der Waals surface area contributed by atoms with E-state index in [2.05, 4.69) is 13.8 Å². The summed E-state index contributed by atoms with van der Waals surface area (Å²) < 4.78 is 68.2. The van der Waals surface area contributed by atoms with Crippen molar-refractivity contribution in [2.24, 2.45) is 0 Å². The van der Waals surface area contributed by atoms with Crippen LogP contribution in [0.25, 0.3) is 0 Å². The average Bonchev–Trinajstić information content (AvgIpc) is 3.03. The Morgan fingerprint density at radius 2 is 0.900 bits per heavy atom. The maximum atomic E-state index is 12.5. The normalized spacial score (nSPS) is 14.7. The summed E-state index contributed by atoms with van der Waals surface area (Å²) in [5.41, 5.74) is 0. The fourth-order valence-electron chi connectivity index (χ4n) is 6.26. The van der Waals surface area contributed by atoms with Crippen LogP contribution in [0.2, 0.25) is 0 Å². The number of carbonyl (C=O) groups excluding carboxylic acids is 1. The molecular weight excluding hydrogens is 689 g/mol. The second kappa shape index (κ2) is 30.2. The molecule has 0 heterocycles. The Morgan fingerprint density at radius 1 is 0.520 bits per heavy atom. The molecule has 14 heteroatoms. The Kier molecular flexibility index (Phi) is 29.4. The van der Waals surface area contributed by atoms with Gasteiger partial charge < -0.3 is 10.2 Å². The zero-order valence-corrected chi connectivity index (χ0v) is 32.6. The smallest absolute Gasteiger partial charge is 0.342 e. The van der Waals surface area contributed by atoms with E-state index < -0.39 is 54.9 Å². The molecule has 298 valence electrons. The van der Waals surface area contributed by atoms with Gasteiger partial charge in [0, 0.05) is 12.8 Å². The quantitative estimate of drug-likeness (QED) is 0.0205. The van der Waals surface area contributed by atoms with Crippen LogP contribution in [-0.2, 0) is 39.6 Å². The molecule has 12 nitrogen and oxygen atoms in total. The van der Waals surface area contributed by atoms with Gasteiger partial charge in [-0.3, -0.25) is 18.8 Å². The van der Waals surface area contributed by atoms with Crippen molar-refractivity contribution in [1.29, 1.82) is 0 Å². The lowest BCUT2D eigenvalue weighted by Crippen LogP contribution is -2.36. The van der Waals surface area contributed by atoms with Gasteiger partial charge in [0.2, 0.25) is 0 Å². The number of carbonyl (C=O) groups is 2. The third kappa shape index (κ3) is 27.3. The van der Waals surface area contributed by atoms with Gasteiger partial charge >= 0.3 is 11.9 Å². The van der Waals surface area contributed by atoms with Gasteiger partial charge in [0.05, 0.1) is 6.10 Å². The van der Waals surface area contributed by atoms with E-state index in [9.17, 15) is 40.6 Å². The van der Waals surface area contributed by atoms with Gasteiger partial charge in [0.15, 0.2) is 0 Å². The SMILES string of the molecule is CCCCCCCCC(O)C(CCCCCCCC(=O)OOC(CCCCCCCC)C(CCCCCCCC(=O)O)S(=O)(=O)O)S(=O)(=O)O. The Morgan fingerprint density at radius 3 is 1.36 bits per heavy atom. The Labute approximate surface area is 303 Å². The summed E-state index contributed by atoms with van der Waals surface area (Å²) in [6.07, 6.45) is 17.0. The third-order valence-corrected chi connectivity index (χ3v) is 11.9. The molecule has 4 unspecified atom stereocenters. The van der Waals surface area contributed by atoms with Gasteiger partial charge in [0.25, 0.3) is 20.2 Å². The van der Waals surface area contributed by atoms with Crippen molar-refractivity contribution >= 4 is 32.2 Å². The number of hydrogen-bond donors (Lipinski definition) is 4. The Bertz CT molecular complexity index is 1060. The van der Waals surface area contributed by atoms with Crippen molar-refractivity contribution in [3.8, 4) is 0 Å². The first-order chi connectivity index (χ1) is 23.7. The highest BCUT2D eigenvalue weighted by Crippen LogP contribution is 2.24. The topological polar surface area (TPSA) is 202 Å². The van der Waals surface area contributed by atoms with Crippen LogP contribution in [0.5, 0.6) is 0 Å². The summed E-state index contributed by atoms with van der Waals surface area (Å²) in [5.74, 6) is -1.49. The first-order valence-corrected chi connectivity index (χ1v) is 22.4. The zero-order chi connectivity index (χ0) is 37.7. The van der Waals surface area contributed by atoms with Gasteiger partial charge in [0.1, 0.15) is 16.6 Å². The van der Waals surface area contributed by atoms with Crippen molar-refractivity contribution in [1.82, 2.24) is 0 Å².